The van der Waals surface area contributed by atoms with Crippen LogP contribution in [0.1, 0.15) is 33.1 Å². The van der Waals surface area contributed by atoms with Crippen molar-refractivity contribution in [1.29, 1.82) is 0 Å². The van der Waals surface area contributed by atoms with E-state index in [2.05, 4.69) is 18.7 Å². The highest BCUT2D eigenvalue weighted by Crippen LogP contribution is 2.18. The average Bonchev–Trinajstić information content (AvgIpc) is 2.87. The first-order chi connectivity index (χ1) is 10.4. The van der Waals surface area contributed by atoms with Gasteiger partial charge in [-0.05, 0) is 25.8 Å². The summed E-state index contributed by atoms with van der Waals surface area (Å²) in [7, 11) is -2.92. The number of carbonyl (C=O) groups excluding carboxylic acids is 1. The highest BCUT2D eigenvalue weighted by atomic mass is 32.2. The molecule has 0 saturated carbocycles. The van der Waals surface area contributed by atoms with Gasteiger partial charge in [0.05, 0.1) is 30.8 Å². The molecule has 0 spiro atoms. The van der Waals surface area contributed by atoms with E-state index in [1.54, 1.807) is 0 Å². The maximum atomic E-state index is 12.5. The van der Waals surface area contributed by atoms with Crippen LogP contribution in [0.5, 0.6) is 0 Å². The van der Waals surface area contributed by atoms with E-state index in [1.165, 1.54) is 0 Å². The summed E-state index contributed by atoms with van der Waals surface area (Å²) < 4.78 is 29.0. The molecule has 0 aromatic heterocycles. The predicted octanol–water partition coefficient (Wildman–Crippen LogP) is 0.523. The van der Waals surface area contributed by atoms with Gasteiger partial charge in [0.25, 0.3) is 0 Å². The van der Waals surface area contributed by atoms with Gasteiger partial charge in [-0.1, -0.05) is 13.8 Å². The van der Waals surface area contributed by atoms with Crippen molar-refractivity contribution < 1.29 is 17.9 Å². The van der Waals surface area contributed by atoms with E-state index < -0.39 is 9.84 Å². The van der Waals surface area contributed by atoms with Gasteiger partial charge in [-0.3, -0.25) is 9.69 Å². The molecule has 2 fully saturated rings. The molecule has 0 bridgehead atoms. The van der Waals surface area contributed by atoms with Crippen molar-refractivity contribution in [1.82, 2.24) is 9.80 Å². The van der Waals surface area contributed by atoms with Gasteiger partial charge in [0, 0.05) is 19.1 Å². The smallest absolute Gasteiger partial charge is 0.236 e. The lowest BCUT2D eigenvalue weighted by Gasteiger charge is -2.35. The number of rotatable bonds is 6. The molecular formula is C15H28N2O4S. The fourth-order valence-electron chi connectivity index (χ4n) is 3.21. The highest BCUT2D eigenvalue weighted by Gasteiger charge is 2.34. The van der Waals surface area contributed by atoms with Gasteiger partial charge < -0.3 is 9.64 Å². The summed E-state index contributed by atoms with van der Waals surface area (Å²) in [5.74, 6) is 0.544. The lowest BCUT2D eigenvalue weighted by atomic mass is 10.2. The fourth-order valence-corrected chi connectivity index (χ4v) is 4.97. The molecule has 1 amide bonds. The van der Waals surface area contributed by atoms with Crippen LogP contribution in [0.4, 0.5) is 0 Å². The van der Waals surface area contributed by atoms with Gasteiger partial charge in [0.15, 0.2) is 9.84 Å². The van der Waals surface area contributed by atoms with Crippen LogP contribution in [0.3, 0.4) is 0 Å². The SMILES string of the molecule is CCCN(CC(=O)N1CCOC(CC)C1)C1CCS(=O)(=O)C1. The second-order valence-electron chi connectivity index (χ2n) is 6.27. The number of hydrogen-bond acceptors (Lipinski definition) is 5. The van der Waals surface area contributed by atoms with Gasteiger partial charge >= 0.3 is 0 Å². The predicted molar refractivity (Wildman–Crippen MR) is 85.5 cm³/mol. The number of hydrogen-bond donors (Lipinski definition) is 0. The van der Waals surface area contributed by atoms with Crippen LogP contribution < -0.4 is 0 Å². The average molecular weight is 332 g/mol. The Balaban J connectivity index is 1.94. The third kappa shape index (κ3) is 4.67. The van der Waals surface area contributed by atoms with Crippen molar-refractivity contribution in [3.63, 3.8) is 0 Å². The van der Waals surface area contributed by atoms with Crippen LogP contribution in [0.25, 0.3) is 0 Å². The van der Waals surface area contributed by atoms with Crippen molar-refractivity contribution in [2.24, 2.45) is 0 Å². The Morgan fingerprint density at radius 3 is 2.73 bits per heavy atom. The van der Waals surface area contributed by atoms with Crippen LogP contribution in [-0.2, 0) is 19.4 Å². The van der Waals surface area contributed by atoms with E-state index in [9.17, 15) is 13.2 Å². The third-order valence-electron chi connectivity index (χ3n) is 4.52. The van der Waals surface area contributed by atoms with E-state index in [-0.39, 0.29) is 29.6 Å². The van der Waals surface area contributed by atoms with E-state index in [4.69, 9.17) is 4.74 Å². The van der Waals surface area contributed by atoms with E-state index in [0.717, 1.165) is 19.4 Å². The molecule has 22 heavy (non-hydrogen) atoms. The largest absolute Gasteiger partial charge is 0.375 e. The van der Waals surface area contributed by atoms with Crippen LogP contribution in [0.2, 0.25) is 0 Å². The number of sulfone groups is 1. The Kier molecular flexibility index (Phi) is 6.23. The highest BCUT2D eigenvalue weighted by molar-refractivity contribution is 7.91. The first-order valence-corrected chi connectivity index (χ1v) is 10.1. The molecule has 2 aliphatic heterocycles. The molecule has 128 valence electrons. The molecule has 7 heteroatoms. The molecule has 6 nitrogen and oxygen atoms in total. The molecule has 2 saturated heterocycles. The summed E-state index contributed by atoms with van der Waals surface area (Å²) in [6.45, 7) is 7.10. The standard InChI is InChI=1S/C15H28N2O4S/c1-3-6-16(13-5-9-22(19,20)12-13)11-15(18)17-7-8-21-14(4-2)10-17/h13-14H,3-12H2,1-2H3. The molecule has 0 N–H and O–H groups in total. The van der Waals surface area contributed by atoms with Crippen molar-refractivity contribution in [3.8, 4) is 0 Å². The quantitative estimate of drug-likeness (QED) is 0.709. The Morgan fingerprint density at radius 2 is 2.14 bits per heavy atom. The number of morpholine rings is 1. The zero-order valence-electron chi connectivity index (χ0n) is 13.7. The Bertz CT molecular complexity index is 480. The number of nitrogens with zero attached hydrogens (tertiary/aromatic N) is 2. The molecule has 2 rings (SSSR count). The lowest BCUT2D eigenvalue weighted by molar-refractivity contribution is -0.140. The number of amides is 1. The van der Waals surface area contributed by atoms with Crippen LogP contribution >= 0.6 is 0 Å². The maximum absolute atomic E-state index is 12.5. The summed E-state index contributed by atoms with van der Waals surface area (Å²) >= 11 is 0. The minimum Gasteiger partial charge on any atom is -0.375 e. The summed E-state index contributed by atoms with van der Waals surface area (Å²) in [5.41, 5.74) is 0. The van der Waals surface area contributed by atoms with Crippen molar-refractivity contribution in [2.45, 2.75) is 45.3 Å². The molecule has 0 radical (unpaired) electrons. The molecular weight excluding hydrogens is 304 g/mol. The second kappa shape index (κ2) is 7.75. The van der Waals surface area contributed by atoms with E-state index in [0.29, 0.717) is 32.7 Å². The van der Waals surface area contributed by atoms with Gasteiger partial charge in [-0.2, -0.15) is 0 Å². The number of carbonyl (C=O) groups is 1. The Hall–Kier alpha value is -0.660. The number of ether oxygens (including phenoxy) is 1. The van der Waals surface area contributed by atoms with Crippen molar-refractivity contribution >= 4 is 15.7 Å². The van der Waals surface area contributed by atoms with Crippen LogP contribution in [0, 0.1) is 0 Å². The van der Waals surface area contributed by atoms with Gasteiger partial charge in [0.1, 0.15) is 0 Å². The topological polar surface area (TPSA) is 66.9 Å². The summed E-state index contributed by atoms with van der Waals surface area (Å²) in [5, 5.41) is 0. The molecule has 0 aliphatic carbocycles. The first kappa shape index (κ1) is 17.7. The normalized spacial score (nSPS) is 28.2. The summed E-state index contributed by atoms with van der Waals surface area (Å²) in [6, 6.07) is -0.00286. The monoisotopic (exact) mass is 332 g/mol. The molecule has 0 aromatic carbocycles. The zero-order valence-corrected chi connectivity index (χ0v) is 14.5. The minimum atomic E-state index is -2.92. The lowest BCUT2D eigenvalue weighted by Crippen LogP contribution is -2.50. The third-order valence-corrected chi connectivity index (χ3v) is 6.27. The summed E-state index contributed by atoms with van der Waals surface area (Å²) in [4.78, 5) is 16.5. The second-order valence-corrected chi connectivity index (χ2v) is 8.50. The van der Waals surface area contributed by atoms with E-state index in [1.807, 2.05) is 4.90 Å². The molecule has 0 aromatic rings. The van der Waals surface area contributed by atoms with Crippen LogP contribution in [0.15, 0.2) is 0 Å². The molecule has 2 heterocycles. The van der Waals surface area contributed by atoms with Gasteiger partial charge in [-0.15, -0.1) is 0 Å². The molecule has 2 atom stereocenters. The zero-order chi connectivity index (χ0) is 16.2. The fraction of sp³-hybridized carbons (Fsp3) is 0.933. The van der Waals surface area contributed by atoms with Crippen LogP contribution in [-0.4, -0.2) is 80.6 Å². The van der Waals surface area contributed by atoms with Crippen molar-refractivity contribution in [2.75, 3.05) is 44.3 Å². The van der Waals surface area contributed by atoms with Gasteiger partial charge in [-0.25, -0.2) is 8.42 Å². The first-order valence-electron chi connectivity index (χ1n) is 8.29. The Morgan fingerprint density at radius 1 is 1.36 bits per heavy atom. The molecule has 2 aliphatic rings. The minimum absolute atomic E-state index is 0.00286. The van der Waals surface area contributed by atoms with E-state index >= 15 is 0 Å². The maximum Gasteiger partial charge on any atom is 0.236 e. The van der Waals surface area contributed by atoms with Gasteiger partial charge in [0.2, 0.25) is 5.91 Å². The molecule has 2 unspecified atom stereocenters. The summed E-state index contributed by atoms with van der Waals surface area (Å²) in [6.07, 6.45) is 2.61. The van der Waals surface area contributed by atoms with Crippen molar-refractivity contribution in [3.05, 3.63) is 0 Å². The Labute approximate surface area is 133 Å².